The number of hydrogen-bond donors (Lipinski definition) is 0. The van der Waals surface area contributed by atoms with Gasteiger partial charge in [0.2, 0.25) is 0 Å². The van der Waals surface area contributed by atoms with Crippen LogP contribution in [0.15, 0.2) is 164 Å². The lowest BCUT2D eigenvalue weighted by atomic mass is 9.87. The number of para-hydroxylation sites is 2. The molecule has 0 amide bonds. The molecule has 48 heavy (non-hydrogen) atoms. The first kappa shape index (κ1) is 26.1. The summed E-state index contributed by atoms with van der Waals surface area (Å²) in [6.45, 7) is 0. The van der Waals surface area contributed by atoms with Gasteiger partial charge < -0.3 is 4.57 Å². The third kappa shape index (κ3) is 3.50. The molecule has 0 saturated heterocycles. The SMILES string of the molecule is c1ccc(-c2ccc3ccc4c(-c5cc6c(c7ccccc7n6-c6ccccc6)c6c5sc5ccccc56)ccc5ccc2c3c54)cc1. The minimum Gasteiger partial charge on any atom is -0.309 e. The van der Waals surface area contributed by atoms with Crippen molar-refractivity contribution in [3.63, 3.8) is 0 Å². The minimum absolute atomic E-state index is 1.18. The fourth-order valence-corrected chi connectivity index (χ4v) is 9.54. The molecule has 0 aliphatic rings. The van der Waals surface area contributed by atoms with Crippen LogP contribution in [-0.2, 0) is 0 Å². The number of nitrogens with zero attached hydrogens (tertiary/aromatic N) is 1. The first-order chi connectivity index (χ1) is 23.8. The Morgan fingerprint density at radius 1 is 0.375 bits per heavy atom. The van der Waals surface area contributed by atoms with Gasteiger partial charge in [0.25, 0.3) is 0 Å². The van der Waals surface area contributed by atoms with Gasteiger partial charge in [-0.1, -0.05) is 133 Å². The third-order valence-electron chi connectivity index (χ3n) is 10.3. The topological polar surface area (TPSA) is 4.93 Å². The third-order valence-corrected chi connectivity index (χ3v) is 11.5. The Morgan fingerprint density at radius 3 is 1.75 bits per heavy atom. The van der Waals surface area contributed by atoms with E-state index in [2.05, 4.69) is 168 Å². The molecule has 0 fully saturated rings. The van der Waals surface area contributed by atoms with Crippen LogP contribution in [0.4, 0.5) is 0 Å². The van der Waals surface area contributed by atoms with E-state index in [0.29, 0.717) is 0 Å². The van der Waals surface area contributed by atoms with Gasteiger partial charge in [0.1, 0.15) is 0 Å². The number of rotatable bonds is 3. The first-order valence-electron chi connectivity index (χ1n) is 16.5. The average molecular weight is 626 g/mol. The van der Waals surface area contributed by atoms with Crippen molar-refractivity contribution in [2.24, 2.45) is 0 Å². The van der Waals surface area contributed by atoms with Crippen LogP contribution in [-0.4, -0.2) is 4.57 Å². The van der Waals surface area contributed by atoms with E-state index >= 15 is 0 Å². The Bertz CT molecular complexity index is 3040. The lowest BCUT2D eigenvalue weighted by Gasteiger charge is -2.17. The van der Waals surface area contributed by atoms with Crippen LogP contribution < -0.4 is 0 Å². The van der Waals surface area contributed by atoms with Gasteiger partial charge in [0.15, 0.2) is 0 Å². The smallest absolute Gasteiger partial charge is 0.0554 e. The van der Waals surface area contributed by atoms with Crippen LogP contribution >= 0.6 is 11.3 Å². The van der Waals surface area contributed by atoms with Gasteiger partial charge >= 0.3 is 0 Å². The summed E-state index contributed by atoms with van der Waals surface area (Å²) in [5, 5.41) is 13.2. The Labute approximate surface area is 280 Å². The normalized spacial score (nSPS) is 12.2. The fraction of sp³-hybridized carbons (Fsp3) is 0. The van der Waals surface area contributed by atoms with E-state index in [0.717, 1.165) is 0 Å². The van der Waals surface area contributed by atoms with Gasteiger partial charge in [0, 0.05) is 42.2 Å². The van der Waals surface area contributed by atoms with Crippen molar-refractivity contribution in [2.75, 3.05) is 0 Å². The summed E-state index contributed by atoms with van der Waals surface area (Å²) in [4.78, 5) is 0. The van der Waals surface area contributed by atoms with Crippen LogP contribution in [0.2, 0.25) is 0 Å². The highest BCUT2D eigenvalue weighted by atomic mass is 32.1. The maximum Gasteiger partial charge on any atom is 0.0554 e. The van der Waals surface area contributed by atoms with E-state index in [1.54, 1.807) is 0 Å². The monoisotopic (exact) mass is 625 g/mol. The van der Waals surface area contributed by atoms with E-state index in [-0.39, 0.29) is 0 Å². The standard InChI is InChI=1S/C46H27NS/c1-3-11-28(12-4-1)32-23-19-29-22-26-35-33(24-20-30-21-25-34(32)42(29)43(30)35)38-27-40-44(45-37-16-8-10-18-41(37)48-46(38)45)36-15-7-9-17-39(36)47(40)31-13-5-2-6-14-31/h1-27H. The molecule has 9 aromatic carbocycles. The maximum absolute atomic E-state index is 2.47. The average Bonchev–Trinajstić information content (AvgIpc) is 3.70. The van der Waals surface area contributed by atoms with Crippen molar-refractivity contribution in [1.82, 2.24) is 4.57 Å². The second-order valence-corrected chi connectivity index (χ2v) is 13.9. The van der Waals surface area contributed by atoms with Crippen LogP contribution in [0.25, 0.3) is 102 Å². The minimum atomic E-state index is 1.18. The van der Waals surface area contributed by atoms with E-state index in [1.165, 1.54) is 102 Å². The van der Waals surface area contributed by atoms with Gasteiger partial charge in [-0.3, -0.25) is 0 Å². The van der Waals surface area contributed by atoms with E-state index in [1.807, 2.05) is 11.3 Å². The molecular weight excluding hydrogens is 599 g/mol. The summed E-state index contributed by atoms with van der Waals surface area (Å²) in [5.74, 6) is 0. The molecule has 0 atom stereocenters. The van der Waals surface area contributed by atoms with Gasteiger partial charge in [0.05, 0.1) is 11.0 Å². The van der Waals surface area contributed by atoms with Crippen molar-refractivity contribution in [2.45, 2.75) is 0 Å². The molecule has 11 rings (SSSR count). The quantitative estimate of drug-likeness (QED) is 0.172. The summed E-state index contributed by atoms with van der Waals surface area (Å²) < 4.78 is 5.13. The zero-order chi connectivity index (χ0) is 31.3. The summed E-state index contributed by atoms with van der Waals surface area (Å²) >= 11 is 1.92. The largest absolute Gasteiger partial charge is 0.309 e. The highest BCUT2D eigenvalue weighted by Gasteiger charge is 2.23. The molecule has 0 saturated carbocycles. The molecule has 0 aliphatic heterocycles. The van der Waals surface area contributed by atoms with Crippen molar-refractivity contribution < 1.29 is 0 Å². The van der Waals surface area contributed by atoms with E-state index < -0.39 is 0 Å². The molecule has 0 radical (unpaired) electrons. The van der Waals surface area contributed by atoms with Crippen LogP contribution in [0.5, 0.6) is 0 Å². The van der Waals surface area contributed by atoms with Gasteiger partial charge in [-0.2, -0.15) is 0 Å². The van der Waals surface area contributed by atoms with Gasteiger partial charge in [-0.15, -0.1) is 11.3 Å². The molecule has 11 aromatic rings. The fourth-order valence-electron chi connectivity index (χ4n) is 8.31. The first-order valence-corrected chi connectivity index (χ1v) is 17.3. The van der Waals surface area contributed by atoms with Crippen LogP contribution in [0, 0.1) is 0 Å². The lowest BCUT2D eigenvalue weighted by molar-refractivity contribution is 1.18. The summed E-state index contributed by atoms with van der Waals surface area (Å²) in [7, 11) is 0. The zero-order valence-corrected chi connectivity index (χ0v) is 26.8. The lowest BCUT2D eigenvalue weighted by Crippen LogP contribution is -1.94. The molecule has 2 heterocycles. The second-order valence-electron chi connectivity index (χ2n) is 12.8. The predicted molar refractivity (Wildman–Crippen MR) is 208 cm³/mol. The summed E-state index contributed by atoms with van der Waals surface area (Å²) in [6.07, 6.45) is 0. The highest BCUT2D eigenvalue weighted by molar-refractivity contribution is 7.26. The number of hydrogen-bond acceptors (Lipinski definition) is 1. The van der Waals surface area contributed by atoms with Crippen molar-refractivity contribution >= 4 is 85.6 Å². The predicted octanol–water partition coefficient (Wildman–Crippen LogP) is 13.4. The van der Waals surface area contributed by atoms with Crippen molar-refractivity contribution in [3.05, 3.63) is 164 Å². The Hall–Kier alpha value is -5.96. The molecule has 0 aliphatic carbocycles. The summed E-state index contributed by atoms with van der Waals surface area (Å²) in [5.41, 5.74) is 8.76. The molecule has 0 N–H and O–H groups in total. The van der Waals surface area contributed by atoms with E-state index in [9.17, 15) is 0 Å². The zero-order valence-electron chi connectivity index (χ0n) is 25.9. The maximum atomic E-state index is 2.47. The molecule has 0 unspecified atom stereocenters. The Morgan fingerprint density at radius 2 is 0.979 bits per heavy atom. The Kier molecular flexibility index (Phi) is 5.32. The van der Waals surface area contributed by atoms with Crippen molar-refractivity contribution in [1.29, 1.82) is 0 Å². The molecule has 2 heteroatoms. The highest BCUT2D eigenvalue weighted by Crippen LogP contribution is 2.50. The summed E-state index contributed by atoms with van der Waals surface area (Å²) in [6, 6.07) is 60.5. The molecule has 1 nitrogen and oxygen atoms in total. The number of aromatic nitrogens is 1. The second kappa shape index (κ2) is 9.78. The number of fused-ring (bicyclic) bond motifs is 7. The number of benzene rings is 9. The van der Waals surface area contributed by atoms with Crippen LogP contribution in [0.3, 0.4) is 0 Å². The van der Waals surface area contributed by atoms with Crippen molar-refractivity contribution in [3.8, 4) is 27.9 Å². The van der Waals surface area contributed by atoms with Gasteiger partial charge in [-0.05, 0) is 79.3 Å². The molecule has 0 bridgehead atoms. The Balaban J connectivity index is 1.31. The van der Waals surface area contributed by atoms with E-state index in [4.69, 9.17) is 0 Å². The molecule has 0 spiro atoms. The molecule has 222 valence electrons. The van der Waals surface area contributed by atoms with Crippen LogP contribution in [0.1, 0.15) is 0 Å². The number of thiophene rings is 1. The van der Waals surface area contributed by atoms with Gasteiger partial charge in [-0.25, -0.2) is 0 Å². The molecular formula is C46H27NS. The molecule has 2 aromatic heterocycles.